The van der Waals surface area contributed by atoms with Crippen LogP contribution in [0.2, 0.25) is 0 Å². The van der Waals surface area contributed by atoms with Crippen LogP contribution in [-0.4, -0.2) is 29.9 Å². The van der Waals surface area contributed by atoms with Crippen molar-refractivity contribution in [3.63, 3.8) is 0 Å². The number of aryl methyl sites for hydroxylation is 1. The van der Waals surface area contributed by atoms with Crippen molar-refractivity contribution in [2.24, 2.45) is 11.8 Å². The zero-order valence-corrected chi connectivity index (χ0v) is 13.1. The number of aliphatic carboxylic acids is 1. The molecule has 0 bridgehead atoms. The molecule has 0 spiro atoms. The van der Waals surface area contributed by atoms with E-state index in [1.165, 1.54) is 7.05 Å². The van der Waals surface area contributed by atoms with Gasteiger partial charge >= 0.3 is 5.97 Å². The quantitative estimate of drug-likeness (QED) is 0.740. The highest BCUT2D eigenvalue weighted by Crippen LogP contribution is 2.28. The number of hydrogen-bond donors (Lipinski definition) is 3. The van der Waals surface area contributed by atoms with E-state index in [0.717, 1.165) is 5.56 Å². The van der Waals surface area contributed by atoms with E-state index in [-0.39, 0.29) is 11.8 Å². The number of allylic oxidation sites excluding steroid dienone is 2. The van der Waals surface area contributed by atoms with Gasteiger partial charge in [0.2, 0.25) is 5.91 Å². The molecule has 0 saturated carbocycles. The molecule has 6 heteroatoms. The van der Waals surface area contributed by atoms with Crippen LogP contribution < -0.4 is 10.6 Å². The SMILES string of the molecule is CNC(=O)c1ccc(C)c(NC(=O)[C@@H]2CC=CC[C@H]2C(=O)O)c1. The van der Waals surface area contributed by atoms with Gasteiger partial charge in [-0.2, -0.15) is 0 Å². The van der Waals surface area contributed by atoms with Gasteiger partial charge in [-0.25, -0.2) is 0 Å². The highest BCUT2D eigenvalue weighted by Gasteiger charge is 2.34. The predicted molar refractivity (Wildman–Crippen MR) is 86.2 cm³/mol. The van der Waals surface area contributed by atoms with E-state index in [4.69, 9.17) is 0 Å². The third-order valence-corrected chi connectivity index (χ3v) is 4.07. The third kappa shape index (κ3) is 3.77. The van der Waals surface area contributed by atoms with Gasteiger partial charge in [-0.3, -0.25) is 14.4 Å². The minimum Gasteiger partial charge on any atom is -0.481 e. The smallest absolute Gasteiger partial charge is 0.307 e. The van der Waals surface area contributed by atoms with E-state index < -0.39 is 17.8 Å². The Balaban J connectivity index is 2.21. The van der Waals surface area contributed by atoms with Gasteiger partial charge in [-0.15, -0.1) is 0 Å². The lowest BCUT2D eigenvalue weighted by Gasteiger charge is -2.24. The average Bonchev–Trinajstić information content (AvgIpc) is 2.56. The summed E-state index contributed by atoms with van der Waals surface area (Å²) in [6.45, 7) is 1.82. The molecule has 122 valence electrons. The minimum atomic E-state index is -0.967. The summed E-state index contributed by atoms with van der Waals surface area (Å²) in [6.07, 6.45) is 4.37. The molecule has 3 N–H and O–H groups in total. The third-order valence-electron chi connectivity index (χ3n) is 4.07. The van der Waals surface area contributed by atoms with Crippen LogP contribution in [0, 0.1) is 18.8 Å². The first kappa shape index (κ1) is 16.7. The highest BCUT2D eigenvalue weighted by molar-refractivity contribution is 5.99. The van der Waals surface area contributed by atoms with E-state index in [1.54, 1.807) is 24.3 Å². The Kier molecular flexibility index (Phi) is 5.16. The Bertz CT molecular complexity index is 667. The summed E-state index contributed by atoms with van der Waals surface area (Å²) in [5, 5.41) is 14.6. The first-order chi connectivity index (χ1) is 10.9. The van der Waals surface area contributed by atoms with Crippen molar-refractivity contribution in [2.75, 3.05) is 12.4 Å². The molecule has 2 atom stereocenters. The molecule has 2 rings (SSSR count). The van der Waals surface area contributed by atoms with Crippen molar-refractivity contribution in [1.82, 2.24) is 5.32 Å². The van der Waals surface area contributed by atoms with E-state index in [0.29, 0.717) is 24.1 Å². The molecule has 0 aromatic heterocycles. The maximum atomic E-state index is 12.5. The average molecular weight is 316 g/mol. The molecule has 1 aromatic rings. The van der Waals surface area contributed by atoms with Gasteiger partial charge in [0.25, 0.3) is 5.91 Å². The molecule has 0 saturated heterocycles. The fraction of sp³-hybridized carbons (Fsp3) is 0.353. The summed E-state index contributed by atoms with van der Waals surface area (Å²) >= 11 is 0. The summed E-state index contributed by atoms with van der Waals surface area (Å²) in [5.74, 6) is -2.88. The fourth-order valence-electron chi connectivity index (χ4n) is 2.64. The van der Waals surface area contributed by atoms with Crippen LogP contribution >= 0.6 is 0 Å². The monoisotopic (exact) mass is 316 g/mol. The number of anilines is 1. The number of carbonyl (C=O) groups excluding carboxylic acids is 2. The molecule has 23 heavy (non-hydrogen) atoms. The van der Waals surface area contributed by atoms with Crippen molar-refractivity contribution < 1.29 is 19.5 Å². The normalized spacial score (nSPS) is 19.9. The number of carbonyl (C=O) groups is 3. The maximum absolute atomic E-state index is 12.5. The van der Waals surface area contributed by atoms with E-state index in [1.807, 2.05) is 13.0 Å². The summed E-state index contributed by atoms with van der Waals surface area (Å²) in [5.41, 5.74) is 1.77. The van der Waals surface area contributed by atoms with E-state index in [9.17, 15) is 19.5 Å². The van der Waals surface area contributed by atoms with Crippen LogP contribution in [0.15, 0.2) is 30.4 Å². The number of hydrogen-bond acceptors (Lipinski definition) is 3. The molecule has 1 aliphatic rings. The van der Waals surface area contributed by atoms with Gasteiger partial charge in [0.1, 0.15) is 0 Å². The lowest BCUT2D eigenvalue weighted by Crippen LogP contribution is -2.35. The number of rotatable bonds is 4. The topological polar surface area (TPSA) is 95.5 Å². The Labute approximate surface area is 134 Å². The standard InChI is InChI=1S/C17H20N2O4/c1-10-7-8-11(15(20)18-2)9-14(10)19-16(21)12-5-3-4-6-13(12)17(22)23/h3-4,7-9,12-13H,5-6H2,1-2H3,(H,18,20)(H,19,21)(H,22,23)/t12-,13-/m1/s1. The van der Waals surface area contributed by atoms with Crippen LogP contribution in [0.1, 0.15) is 28.8 Å². The zero-order chi connectivity index (χ0) is 17.0. The highest BCUT2D eigenvalue weighted by atomic mass is 16.4. The fourth-order valence-corrected chi connectivity index (χ4v) is 2.64. The Morgan fingerprint density at radius 1 is 1.13 bits per heavy atom. The van der Waals surface area contributed by atoms with Crippen LogP contribution in [0.3, 0.4) is 0 Å². The molecule has 2 amide bonds. The van der Waals surface area contributed by atoms with Gasteiger partial charge in [0.05, 0.1) is 11.8 Å². The lowest BCUT2D eigenvalue weighted by atomic mass is 9.82. The van der Waals surface area contributed by atoms with Gasteiger partial charge in [0.15, 0.2) is 0 Å². The van der Waals surface area contributed by atoms with Crippen molar-refractivity contribution in [1.29, 1.82) is 0 Å². The summed E-state index contributed by atoms with van der Waals surface area (Å²) in [7, 11) is 1.53. The molecular weight excluding hydrogens is 296 g/mol. The van der Waals surface area contributed by atoms with Crippen molar-refractivity contribution >= 4 is 23.5 Å². The van der Waals surface area contributed by atoms with Gasteiger partial charge < -0.3 is 15.7 Å². The second-order valence-corrected chi connectivity index (χ2v) is 5.59. The van der Waals surface area contributed by atoms with Crippen LogP contribution in [0.25, 0.3) is 0 Å². The van der Waals surface area contributed by atoms with Crippen molar-refractivity contribution in [3.05, 3.63) is 41.5 Å². The Hall–Kier alpha value is -2.63. The molecule has 6 nitrogen and oxygen atoms in total. The Morgan fingerprint density at radius 2 is 1.78 bits per heavy atom. The molecule has 0 fully saturated rings. The number of nitrogens with one attached hydrogen (secondary N) is 2. The van der Waals surface area contributed by atoms with Gasteiger partial charge in [-0.1, -0.05) is 18.2 Å². The molecular formula is C17H20N2O4. The van der Waals surface area contributed by atoms with E-state index >= 15 is 0 Å². The van der Waals surface area contributed by atoms with Gasteiger partial charge in [0, 0.05) is 18.3 Å². The molecule has 1 aromatic carbocycles. The largest absolute Gasteiger partial charge is 0.481 e. The van der Waals surface area contributed by atoms with Crippen LogP contribution in [-0.2, 0) is 9.59 Å². The molecule has 0 heterocycles. The van der Waals surface area contributed by atoms with Crippen molar-refractivity contribution in [2.45, 2.75) is 19.8 Å². The summed E-state index contributed by atoms with van der Waals surface area (Å²) < 4.78 is 0. The number of carboxylic acids is 1. The predicted octanol–water partition coefficient (Wildman–Crippen LogP) is 1.96. The minimum absolute atomic E-state index is 0.246. The second-order valence-electron chi connectivity index (χ2n) is 5.59. The molecule has 1 aliphatic carbocycles. The van der Waals surface area contributed by atoms with Gasteiger partial charge in [-0.05, 0) is 37.5 Å². The number of benzene rings is 1. The molecule has 0 radical (unpaired) electrons. The maximum Gasteiger partial charge on any atom is 0.307 e. The molecule has 0 aliphatic heterocycles. The summed E-state index contributed by atoms with van der Waals surface area (Å²) in [6, 6.07) is 5.02. The first-order valence-corrected chi connectivity index (χ1v) is 7.45. The van der Waals surface area contributed by atoms with Crippen molar-refractivity contribution in [3.8, 4) is 0 Å². The lowest BCUT2D eigenvalue weighted by molar-refractivity contribution is -0.146. The number of carboxylic acid groups (broad SMARTS) is 1. The van der Waals surface area contributed by atoms with Crippen LogP contribution in [0.5, 0.6) is 0 Å². The molecule has 0 unspecified atom stereocenters. The second kappa shape index (κ2) is 7.09. The first-order valence-electron chi connectivity index (χ1n) is 7.45. The van der Waals surface area contributed by atoms with Crippen LogP contribution in [0.4, 0.5) is 5.69 Å². The number of amides is 2. The zero-order valence-electron chi connectivity index (χ0n) is 13.1. The summed E-state index contributed by atoms with van der Waals surface area (Å²) in [4.78, 5) is 35.5. The Morgan fingerprint density at radius 3 is 2.39 bits per heavy atom. The van der Waals surface area contributed by atoms with E-state index in [2.05, 4.69) is 10.6 Å².